The largest absolute Gasteiger partial charge is 0.535 e. The molecule has 1 aromatic carbocycles. The summed E-state index contributed by atoms with van der Waals surface area (Å²) < 4.78 is 35.4. The van der Waals surface area contributed by atoms with Gasteiger partial charge in [0, 0.05) is 35.5 Å². The van der Waals surface area contributed by atoms with E-state index in [1.165, 1.54) is 17.7 Å². The molecule has 1 aliphatic heterocycles. The second kappa shape index (κ2) is 6.64. The minimum Gasteiger partial charge on any atom is -0.409 e. The number of carbonyl (C=O) groups excluding carboxylic acids is 1. The summed E-state index contributed by atoms with van der Waals surface area (Å²) >= 11 is 0. The maximum atomic E-state index is 13.2. The summed E-state index contributed by atoms with van der Waals surface area (Å²) in [6, 6.07) is 8.46. The Balaban J connectivity index is 1.53. The number of aryl methyl sites for hydroxylation is 1. The average Bonchev–Trinajstić information content (AvgIpc) is 2.81. The highest BCUT2D eigenvalue weighted by molar-refractivity contribution is 5.96. The lowest BCUT2D eigenvalue weighted by Crippen LogP contribution is -2.38. The molecule has 1 aromatic heterocycles. The van der Waals surface area contributed by atoms with E-state index >= 15 is 0 Å². The number of carbonyl (C=O) groups is 1. The van der Waals surface area contributed by atoms with E-state index in [-0.39, 0.29) is 24.3 Å². The van der Waals surface area contributed by atoms with E-state index in [4.69, 9.17) is 0 Å². The van der Waals surface area contributed by atoms with Crippen molar-refractivity contribution in [1.82, 2.24) is 10.3 Å². The number of ether oxygens (including phenoxy) is 2. The number of halogens is 2. The van der Waals surface area contributed by atoms with Crippen LogP contribution in [0.1, 0.15) is 40.0 Å². The Morgan fingerprint density at radius 1 is 1.27 bits per heavy atom. The monoisotopic (exact) mass is 360 g/mol. The minimum atomic E-state index is -3.67. The number of alkyl halides is 2. The highest BCUT2D eigenvalue weighted by atomic mass is 19.3. The van der Waals surface area contributed by atoms with Crippen molar-refractivity contribution in [2.24, 2.45) is 0 Å². The average molecular weight is 360 g/mol. The van der Waals surface area contributed by atoms with Crippen LogP contribution in [0, 0.1) is 0 Å². The number of benzene rings is 1. The molecule has 5 nitrogen and oxygen atoms in total. The van der Waals surface area contributed by atoms with Crippen molar-refractivity contribution in [3.8, 4) is 5.75 Å². The number of hydrogen-bond donors (Lipinski definition) is 1. The molecular weight excluding hydrogens is 342 g/mol. The Bertz CT molecular complexity index is 841. The third-order valence-corrected chi connectivity index (χ3v) is 4.75. The molecule has 0 saturated heterocycles. The van der Waals surface area contributed by atoms with Gasteiger partial charge in [-0.1, -0.05) is 12.1 Å². The molecule has 1 atom stereocenters. The van der Waals surface area contributed by atoms with Crippen LogP contribution in [0.15, 0.2) is 36.5 Å². The van der Waals surface area contributed by atoms with E-state index in [1.807, 2.05) is 6.07 Å². The number of pyridine rings is 1. The first-order chi connectivity index (χ1) is 12.5. The number of aromatic nitrogens is 1. The second-order valence-electron chi connectivity index (χ2n) is 6.51. The summed E-state index contributed by atoms with van der Waals surface area (Å²) in [4.78, 5) is 17.2. The standard InChI is InChI=1S/C19H18F2N2O3/c20-19(21)25-11-15-14(7-2-8-17(15)26-19)18(24)23-13-6-1-4-12-5-3-9-22-16(12)10-13/h2-3,5,7-9,13H,1,4,6,10-11H2,(H,23,24). The number of amides is 1. The molecule has 0 fully saturated rings. The molecule has 0 bridgehead atoms. The number of hydrogen-bond acceptors (Lipinski definition) is 4. The molecule has 136 valence electrons. The number of fused-ring (bicyclic) bond motifs is 2. The predicted octanol–water partition coefficient (Wildman–Crippen LogP) is 3.22. The molecule has 1 unspecified atom stereocenters. The van der Waals surface area contributed by atoms with Crippen LogP contribution in [-0.4, -0.2) is 23.2 Å². The lowest BCUT2D eigenvalue weighted by Gasteiger charge is -2.26. The van der Waals surface area contributed by atoms with Gasteiger partial charge in [-0.05, 0) is 43.0 Å². The first-order valence-electron chi connectivity index (χ1n) is 8.58. The normalized spacial score (nSPS) is 20.9. The third kappa shape index (κ3) is 3.39. The van der Waals surface area contributed by atoms with Crippen LogP contribution < -0.4 is 10.1 Å². The van der Waals surface area contributed by atoms with Crippen molar-refractivity contribution >= 4 is 5.91 Å². The van der Waals surface area contributed by atoms with Gasteiger partial charge in [0.25, 0.3) is 5.91 Å². The third-order valence-electron chi connectivity index (χ3n) is 4.75. The van der Waals surface area contributed by atoms with Gasteiger partial charge in [-0.3, -0.25) is 14.5 Å². The van der Waals surface area contributed by atoms with Crippen molar-refractivity contribution in [2.45, 2.75) is 44.6 Å². The molecule has 26 heavy (non-hydrogen) atoms. The molecule has 0 radical (unpaired) electrons. The first-order valence-corrected chi connectivity index (χ1v) is 8.58. The van der Waals surface area contributed by atoms with Crippen LogP contribution in [0.3, 0.4) is 0 Å². The first kappa shape index (κ1) is 16.9. The van der Waals surface area contributed by atoms with Gasteiger partial charge in [0.05, 0.1) is 6.61 Å². The zero-order valence-corrected chi connectivity index (χ0v) is 14.0. The molecule has 2 aliphatic rings. The minimum absolute atomic E-state index is 0.0261. The number of nitrogens with one attached hydrogen (secondary N) is 1. The molecule has 0 spiro atoms. The fourth-order valence-electron chi connectivity index (χ4n) is 3.48. The Kier molecular flexibility index (Phi) is 4.32. The van der Waals surface area contributed by atoms with E-state index in [1.54, 1.807) is 12.3 Å². The molecule has 1 amide bonds. The van der Waals surface area contributed by atoms with Crippen LogP contribution in [0.25, 0.3) is 0 Å². The topological polar surface area (TPSA) is 60.5 Å². The summed E-state index contributed by atoms with van der Waals surface area (Å²) in [5.41, 5.74) is 2.84. The van der Waals surface area contributed by atoms with Gasteiger partial charge >= 0.3 is 6.29 Å². The van der Waals surface area contributed by atoms with Crippen LogP contribution in [0.2, 0.25) is 0 Å². The van der Waals surface area contributed by atoms with Crippen LogP contribution in [-0.2, 0) is 24.2 Å². The van der Waals surface area contributed by atoms with Gasteiger partial charge in [-0.15, -0.1) is 8.78 Å². The zero-order chi connectivity index (χ0) is 18.1. The van der Waals surface area contributed by atoms with Crippen molar-refractivity contribution in [1.29, 1.82) is 0 Å². The maximum absolute atomic E-state index is 13.2. The van der Waals surface area contributed by atoms with E-state index in [2.05, 4.69) is 25.8 Å². The van der Waals surface area contributed by atoms with E-state index in [9.17, 15) is 13.6 Å². The molecule has 0 saturated carbocycles. The SMILES string of the molecule is O=C(NC1CCCc2cccnc2C1)c1cccc2c1COC(F)(F)O2. The molecule has 2 heterocycles. The van der Waals surface area contributed by atoms with Crippen LogP contribution >= 0.6 is 0 Å². The molecule has 4 rings (SSSR count). The van der Waals surface area contributed by atoms with Crippen LogP contribution in [0.5, 0.6) is 5.75 Å². The second-order valence-corrected chi connectivity index (χ2v) is 6.51. The lowest BCUT2D eigenvalue weighted by atomic mass is 10.0. The molecular formula is C19H18F2N2O3. The van der Waals surface area contributed by atoms with Gasteiger partial charge in [-0.2, -0.15) is 0 Å². The quantitative estimate of drug-likeness (QED) is 0.836. The van der Waals surface area contributed by atoms with Gasteiger partial charge in [0.1, 0.15) is 5.75 Å². The fourth-order valence-corrected chi connectivity index (χ4v) is 3.48. The van der Waals surface area contributed by atoms with E-state index < -0.39 is 6.29 Å². The highest BCUT2D eigenvalue weighted by Crippen LogP contribution is 2.35. The van der Waals surface area contributed by atoms with Gasteiger partial charge in [0.2, 0.25) is 0 Å². The fraction of sp³-hybridized carbons (Fsp3) is 0.368. The van der Waals surface area contributed by atoms with Crippen molar-refractivity contribution < 1.29 is 23.0 Å². The Hall–Kier alpha value is -2.54. The Labute approximate surface area is 149 Å². The molecule has 2 aromatic rings. The van der Waals surface area contributed by atoms with E-state index in [0.717, 1.165) is 25.0 Å². The van der Waals surface area contributed by atoms with Gasteiger partial charge < -0.3 is 10.1 Å². The summed E-state index contributed by atoms with van der Waals surface area (Å²) in [5.74, 6) is -0.342. The van der Waals surface area contributed by atoms with Gasteiger partial charge in [-0.25, -0.2) is 0 Å². The Morgan fingerprint density at radius 3 is 3.04 bits per heavy atom. The molecule has 7 heteroatoms. The van der Waals surface area contributed by atoms with Crippen LogP contribution in [0.4, 0.5) is 8.78 Å². The van der Waals surface area contributed by atoms with Gasteiger partial charge in [0.15, 0.2) is 0 Å². The summed E-state index contributed by atoms with van der Waals surface area (Å²) in [5, 5.41) is 3.01. The summed E-state index contributed by atoms with van der Waals surface area (Å²) in [6.07, 6.45) is 1.47. The van der Waals surface area contributed by atoms with Crippen molar-refractivity contribution in [3.05, 3.63) is 58.9 Å². The summed E-state index contributed by atoms with van der Waals surface area (Å²) in [7, 11) is 0. The zero-order valence-electron chi connectivity index (χ0n) is 14.0. The lowest BCUT2D eigenvalue weighted by molar-refractivity contribution is -0.368. The molecule has 1 aliphatic carbocycles. The maximum Gasteiger partial charge on any atom is 0.535 e. The highest BCUT2D eigenvalue weighted by Gasteiger charge is 2.39. The van der Waals surface area contributed by atoms with Crippen molar-refractivity contribution in [3.63, 3.8) is 0 Å². The number of nitrogens with zero attached hydrogens (tertiary/aromatic N) is 1. The van der Waals surface area contributed by atoms with Crippen molar-refractivity contribution in [2.75, 3.05) is 0 Å². The smallest absolute Gasteiger partial charge is 0.409 e. The van der Waals surface area contributed by atoms with E-state index in [0.29, 0.717) is 17.5 Å². The summed E-state index contributed by atoms with van der Waals surface area (Å²) in [6.45, 7) is -0.374. The number of rotatable bonds is 2. The molecule has 1 N–H and O–H groups in total. The predicted molar refractivity (Wildman–Crippen MR) is 88.9 cm³/mol. The Morgan fingerprint density at radius 2 is 2.15 bits per heavy atom.